The van der Waals surface area contributed by atoms with E-state index in [0.717, 1.165) is 25.0 Å². The summed E-state index contributed by atoms with van der Waals surface area (Å²) in [6, 6.07) is -0.997. The van der Waals surface area contributed by atoms with E-state index in [2.05, 4.69) is 24.5 Å². The zero-order valence-corrected chi connectivity index (χ0v) is 13.3. The van der Waals surface area contributed by atoms with Crippen molar-refractivity contribution in [2.75, 3.05) is 12.0 Å². The molecular weight excluding hydrogens is 276 g/mol. The lowest BCUT2D eigenvalue weighted by Crippen LogP contribution is -2.50. The molecule has 1 aliphatic carbocycles. The Bertz CT molecular complexity index is 338. The number of rotatable bonds is 7. The number of hydrogen-bond donors (Lipinski definition) is 3. The first-order valence-corrected chi connectivity index (χ1v) is 8.67. The lowest BCUT2D eigenvalue weighted by Gasteiger charge is -2.22. The number of urea groups is 1. The molecule has 0 bridgehead atoms. The third-order valence-electron chi connectivity index (χ3n) is 4.28. The highest BCUT2D eigenvalue weighted by atomic mass is 32.2. The van der Waals surface area contributed by atoms with Crippen LogP contribution in [-0.2, 0) is 4.79 Å². The van der Waals surface area contributed by atoms with Gasteiger partial charge in [0.15, 0.2) is 0 Å². The zero-order valence-electron chi connectivity index (χ0n) is 12.5. The first kappa shape index (κ1) is 17.1. The highest BCUT2D eigenvalue weighted by molar-refractivity contribution is 7.98. The van der Waals surface area contributed by atoms with E-state index in [1.807, 2.05) is 6.26 Å². The molecule has 2 amide bonds. The first-order chi connectivity index (χ1) is 9.49. The van der Waals surface area contributed by atoms with E-state index in [-0.39, 0.29) is 12.1 Å². The van der Waals surface area contributed by atoms with Crippen LogP contribution < -0.4 is 10.6 Å². The van der Waals surface area contributed by atoms with Crippen LogP contribution in [0.2, 0.25) is 0 Å². The molecule has 0 aromatic carbocycles. The van der Waals surface area contributed by atoms with Crippen molar-refractivity contribution < 1.29 is 14.7 Å². The van der Waals surface area contributed by atoms with Crippen LogP contribution >= 0.6 is 11.8 Å². The molecule has 6 heteroatoms. The van der Waals surface area contributed by atoms with Crippen molar-refractivity contribution >= 4 is 23.8 Å². The van der Waals surface area contributed by atoms with Crippen molar-refractivity contribution in [3.8, 4) is 0 Å². The predicted molar refractivity (Wildman–Crippen MR) is 82.1 cm³/mol. The summed E-state index contributed by atoms with van der Waals surface area (Å²) in [5.74, 6) is 0.863. The standard InChI is InChI=1S/C14H26N2O3S/c1-4-10-5-6-11(9(10)2)15-14(19)16-12(13(17)18)7-8-20-3/h9-12H,4-8H2,1-3H3,(H,17,18)(H2,15,16,19)/t9?,10?,11?,12-/m0/s1. The highest BCUT2D eigenvalue weighted by Gasteiger charge is 2.33. The van der Waals surface area contributed by atoms with E-state index >= 15 is 0 Å². The minimum absolute atomic E-state index is 0.162. The fourth-order valence-electron chi connectivity index (χ4n) is 2.89. The third kappa shape index (κ3) is 4.89. The Balaban J connectivity index is 2.44. The Morgan fingerprint density at radius 3 is 2.60 bits per heavy atom. The van der Waals surface area contributed by atoms with Crippen LogP contribution in [0.5, 0.6) is 0 Å². The molecule has 0 aromatic heterocycles. The maximum atomic E-state index is 11.9. The summed E-state index contributed by atoms with van der Waals surface area (Å²) in [5.41, 5.74) is 0. The van der Waals surface area contributed by atoms with Gasteiger partial charge >= 0.3 is 12.0 Å². The summed E-state index contributed by atoms with van der Waals surface area (Å²) in [5, 5.41) is 14.6. The number of aliphatic carboxylic acids is 1. The Kier molecular flexibility index (Phi) is 7.19. The number of carbonyl (C=O) groups excluding carboxylic acids is 1. The molecule has 1 fully saturated rings. The molecule has 1 saturated carbocycles. The van der Waals surface area contributed by atoms with E-state index in [9.17, 15) is 9.59 Å². The number of carboxylic acid groups (broad SMARTS) is 1. The van der Waals surface area contributed by atoms with Gasteiger partial charge in [-0.2, -0.15) is 11.8 Å². The maximum Gasteiger partial charge on any atom is 0.326 e. The molecule has 0 radical (unpaired) electrons. The number of nitrogens with one attached hydrogen (secondary N) is 2. The van der Waals surface area contributed by atoms with Crippen LogP contribution in [0.25, 0.3) is 0 Å². The number of hydrogen-bond acceptors (Lipinski definition) is 3. The molecule has 20 heavy (non-hydrogen) atoms. The largest absolute Gasteiger partial charge is 0.480 e. The topological polar surface area (TPSA) is 78.4 Å². The van der Waals surface area contributed by atoms with E-state index in [1.54, 1.807) is 11.8 Å². The Morgan fingerprint density at radius 2 is 2.10 bits per heavy atom. The van der Waals surface area contributed by atoms with Crippen LogP contribution in [0.1, 0.15) is 39.5 Å². The summed E-state index contributed by atoms with van der Waals surface area (Å²) < 4.78 is 0. The number of thioether (sulfide) groups is 1. The van der Waals surface area contributed by atoms with Crippen LogP contribution in [0.3, 0.4) is 0 Å². The summed E-state index contributed by atoms with van der Waals surface area (Å²) in [7, 11) is 0. The van der Waals surface area contributed by atoms with Crippen molar-refractivity contribution in [3.05, 3.63) is 0 Å². The number of carboxylic acids is 1. The highest BCUT2D eigenvalue weighted by Crippen LogP contribution is 2.33. The van der Waals surface area contributed by atoms with Crippen LogP contribution in [0, 0.1) is 11.8 Å². The molecule has 0 saturated heterocycles. The van der Waals surface area contributed by atoms with Gasteiger partial charge in [-0.1, -0.05) is 20.3 Å². The van der Waals surface area contributed by atoms with Crippen molar-refractivity contribution in [2.24, 2.45) is 11.8 Å². The van der Waals surface area contributed by atoms with Gasteiger partial charge in [0.25, 0.3) is 0 Å². The van der Waals surface area contributed by atoms with Gasteiger partial charge in [-0.15, -0.1) is 0 Å². The van der Waals surface area contributed by atoms with Gasteiger partial charge in [0, 0.05) is 6.04 Å². The van der Waals surface area contributed by atoms with E-state index in [4.69, 9.17) is 5.11 Å². The van der Waals surface area contributed by atoms with Crippen molar-refractivity contribution in [1.29, 1.82) is 0 Å². The Morgan fingerprint density at radius 1 is 1.40 bits per heavy atom. The van der Waals surface area contributed by atoms with Gasteiger partial charge in [-0.05, 0) is 43.1 Å². The van der Waals surface area contributed by atoms with Gasteiger partial charge < -0.3 is 15.7 Å². The van der Waals surface area contributed by atoms with Gasteiger partial charge in [-0.25, -0.2) is 9.59 Å². The van der Waals surface area contributed by atoms with Crippen molar-refractivity contribution in [1.82, 2.24) is 10.6 Å². The third-order valence-corrected chi connectivity index (χ3v) is 4.93. The predicted octanol–water partition coefficient (Wildman–Crippen LogP) is 2.32. The maximum absolute atomic E-state index is 11.9. The molecule has 0 heterocycles. The summed E-state index contributed by atoms with van der Waals surface area (Å²) in [6.45, 7) is 4.33. The van der Waals surface area contributed by atoms with Gasteiger partial charge in [-0.3, -0.25) is 0 Å². The smallest absolute Gasteiger partial charge is 0.326 e. The SMILES string of the molecule is CCC1CCC(NC(=O)N[C@@H](CCSC)C(=O)O)C1C. The van der Waals surface area contributed by atoms with Crippen molar-refractivity contribution in [2.45, 2.75) is 51.6 Å². The first-order valence-electron chi connectivity index (χ1n) is 7.28. The lowest BCUT2D eigenvalue weighted by atomic mass is 9.93. The van der Waals surface area contributed by atoms with Crippen LogP contribution in [0.4, 0.5) is 4.79 Å². The summed E-state index contributed by atoms with van der Waals surface area (Å²) in [6.07, 6.45) is 5.62. The van der Waals surface area contributed by atoms with E-state index in [1.165, 1.54) is 0 Å². The molecule has 0 spiro atoms. The minimum atomic E-state index is -0.972. The van der Waals surface area contributed by atoms with Crippen LogP contribution in [0.15, 0.2) is 0 Å². The molecule has 1 rings (SSSR count). The minimum Gasteiger partial charge on any atom is -0.480 e. The Hall–Kier alpha value is -0.910. The molecule has 3 unspecified atom stereocenters. The molecular formula is C14H26N2O3S. The van der Waals surface area contributed by atoms with E-state index < -0.39 is 12.0 Å². The number of carbonyl (C=O) groups is 2. The zero-order chi connectivity index (χ0) is 15.1. The normalized spacial score (nSPS) is 27.1. The van der Waals surface area contributed by atoms with Gasteiger partial charge in [0.2, 0.25) is 0 Å². The van der Waals surface area contributed by atoms with Gasteiger partial charge in [0.05, 0.1) is 0 Å². The second kappa shape index (κ2) is 8.39. The average Bonchev–Trinajstić information content (AvgIpc) is 2.75. The molecule has 3 N–H and O–H groups in total. The van der Waals surface area contributed by atoms with Crippen molar-refractivity contribution in [3.63, 3.8) is 0 Å². The molecule has 4 atom stereocenters. The average molecular weight is 302 g/mol. The summed E-state index contributed by atoms with van der Waals surface area (Å²) in [4.78, 5) is 23.0. The lowest BCUT2D eigenvalue weighted by molar-refractivity contribution is -0.139. The quantitative estimate of drug-likeness (QED) is 0.674. The fraction of sp³-hybridized carbons (Fsp3) is 0.857. The number of amides is 2. The summed E-state index contributed by atoms with van der Waals surface area (Å²) >= 11 is 1.58. The molecule has 1 aliphatic rings. The fourth-order valence-corrected chi connectivity index (χ4v) is 3.36. The van der Waals surface area contributed by atoms with Gasteiger partial charge in [0.1, 0.15) is 6.04 Å². The molecule has 0 aromatic rings. The molecule has 116 valence electrons. The van der Waals surface area contributed by atoms with E-state index in [0.29, 0.717) is 18.3 Å². The molecule has 0 aliphatic heterocycles. The molecule has 5 nitrogen and oxygen atoms in total. The van der Waals surface area contributed by atoms with Crippen LogP contribution in [-0.4, -0.2) is 41.2 Å². The monoisotopic (exact) mass is 302 g/mol. The second-order valence-electron chi connectivity index (χ2n) is 5.50. The Labute approximate surface area is 125 Å². The second-order valence-corrected chi connectivity index (χ2v) is 6.49.